The fraction of sp³-hybridized carbons (Fsp3) is 0.190. The number of hydrogen-bond acceptors (Lipinski definition) is 2. The smallest absolute Gasteiger partial charge is 0.280 e. The first-order valence-electron chi connectivity index (χ1n) is 9.16. The van der Waals surface area contributed by atoms with Crippen LogP contribution in [0, 0.1) is 24.4 Å². The maximum Gasteiger partial charge on any atom is 0.280 e. The second kappa shape index (κ2) is 8.81. The molecule has 156 valence electrons. The number of aryl methyl sites for hydroxylation is 1. The number of halogens is 3. The summed E-state index contributed by atoms with van der Waals surface area (Å²) in [6, 6.07) is 9.12. The van der Waals surface area contributed by atoms with Crippen molar-refractivity contribution in [3.63, 3.8) is 0 Å². The quantitative estimate of drug-likeness (QED) is 0.436. The highest BCUT2D eigenvalue weighted by molar-refractivity contribution is 6.06. The molecular weight excluding hydrogens is 395 g/mol. The van der Waals surface area contributed by atoms with Crippen LogP contribution in [0.2, 0.25) is 0 Å². The summed E-state index contributed by atoms with van der Waals surface area (Å²) in [6.45, 7) is 5.35. The maximum absolute atomic E-state index is 13.8. The summed E-state index contributed by atoms with van der Waals surface area (Å²) in [6.07, 6.45) is 0. The first kappa shape index (κ1) is 21.1. The van der Waals surface area contributed by atoms with Gasteiger partial charge in [-0.3, -0.25) is 9.89 Å². The van der Waals surface area contributed by atoms with Crippen LogP contribution in [0.5, 0.6) is 0 Å². The van der Waals surface area contributed by atoms with Crippen molar-refractivity contribution in [3.05, 3.63) is 71.0 Å². The van der Waals surface area contributed by atoms with Gasteiger partial charge in [0.1, 0.15) is 11.6 Å². The largest absolute Gasteiger partial charge is 0.354 e. The molecule has 0 atom stereocenters. The molecule has 0 saturated heterocycles. The van der Waals surface area contributed by atoms with Gasteiger partial charge in [0, 0.05) is 23.2 Å². The van der Waals surface area contributed by atoms with E-state index in [0.29, 0.717) is 22.6 Å². The molecule has 3 aromatic rings. The van der Waals surface area contributed by atoms with E-state index in [0.717, 1.165) is 18.2 Å². The number of guanidine groups is 1. The van der Waals surface area contributed by atoms with E-state index >= 15 is 0 Å². The van der Waals surface area contributed by atoms with E-state index in [4.69, 9.17) is 0 Å². The van der Waals surface area contributed by atoms with Crippen molar-refractivity contribution in [2.75, 3.05) is 5.32 Å². The van der Waals surface area contributed by atoms with E-state index in [-0.39, 0.29) is 23.4 Å². The predicted molar refractivity (Wildman–Crippen MR) is 109 cm³/mol. The normalized spacial score (nSPS) is 11.6. The summed E-state index contributed by atoms with van der Waals surface area (Å²) >= 11 is 0. The van der Waals surface area contributed by atoms with Crippen LogP contribution in [0.3, 0.4) is 0 Å². The number of aromatic amines is 1. The van der Waals surface area contributed by atoms with Crippen molar-refractivity contribution in [1.29, 1.82) is 0 Å². The van der Waals surface area contributed by atoms with Gasteiger partial charge in [-0.2, -0.15) is 10.1 Å². The molecule has 2 aromatic carbocycles. The summed E-state index contributed by atoms with van der Waals surface area (Å²) in [4.78, 5) is 16.3. The number of anilines is 1. The number of amides is 1. The van der Waals surface area contributed by atoms with Gasteiger partial charge in [0.15, 0.2) is 11.6 Å². The minimum atomic E-state index is -1.13. The highest BCUT2D eigenvalue weighted by Crippen LogP contribution is 2.22. The molecule has 0 aliphatic carbocycles. The molecule has 0 aliphatic heterocycles. The Morgan fingerprint density at radius 1 is 1.03 bits per heavy atom. The summed E-state index contributed by atoms with van der Waals surface area (Å²) in [5, 5.41) is 12.7. The Hall–Kier alpha value is -3.62. The van der Waals surface area contributed by atoms with E-state index in [9.17, 15) is 18.0 Å². The van der Waals surface area contributed by atoms with Crippen LogP contribution in [0.4, 0.5) is 19.0 Å². The summed E-state index contributed by atoms with van der Waals surface area (Å²) in [7, 11) is 0. The third-order valence-corrected chi connectivity index (χ3v) is 4.10. The zero-order chi connectivity index (χ0) is 21.8. The van der Waals surface area contributed by atoms with Crippen molar-refractivity contribution in [2.45, 2.75) is 26.8 Å². The van der Waals surface area contributed by atoms with Gasteiger partial charge in [-0.25, -0.2) is 13.2 Å². The molecule has 0 spiro atoms. The molecule has 3 N–H and O–H groups in total. The lowest BCUT2D eigenvalue weighted by molar-refractivity contribution is 0.100. The number of benzene rings is 2. The highest BCUT2D eigenvalue weighted by atomic mass is 19.2. The van der Waals surface area contributed by atoms with Crippen LogP contribution in [0.15, 0.2) is 47.5 Å². The molecule has 6 nitrogen and oxygen atoms in total. The lowest BCUT2D eigenvalue weighted by Gasteiger charge is -2.13. The van der Waals surface area contributed by atoms with Crippen LogP contribution >= 0.6 is 0 Å². The molecule has 3 rings (SSSR count). The number of nitrogens with one attached hydrogen (secondary N) is 3. The van der Waals surface area contributed by atoms with E-state index in [1.165, 1.54) is 6.07 Å². The predicted octanol–water partition coefficient (Wildman–Crippen LogP) is 4.41. The Kier molecular flexibility index (Phi) is 6.20. The number of nitrogens with zero attached hydrogens (tertiary/aromatic N) is 2. The molecule has 0 fully saturated rings. The molecule has 30 heavy (non-hydrogen) atoms. The average molecular weight is 415 g/mol. The van der Waals surface area contributed by atoms with E-state index in [1.807, 2.05) is 13.8 Å². The minimum absolute atomic E-state index is 0.0809. The van der Waals surface area contributed by atoms with Crippen molar-refractivity contribution < 1.29 is 18.0 Å². The number of rotatable bonds is 4. The van der Waals surface area contributed by atoms with Crippen LogP contribution in [-0.2, 0) is 0 Å². The Morgan fingerprint density at radius 2 is 1.80 bits per heavy atom. The Labute approximate surface area is 171 Å². The van der Waals surface area contributed by atoms with Gasteiger partial charge >= 0.3 is 0 Å². The molecule has 0 bridgehead atoms. The molecule has 1 aromatic heterocycles. The molecular formula is C21H20F3N5O. The lowest BCUT2D eigenvalue weighted by atomic mass is 10.1. The second-order valence-electron chi connectivity index (χ2n) is 6.95. The van der Waals surface area contributed by atoms with Crippen LogP contribution in [-0.4, -0.2) is 28.1 Å². The summed E-state index contributed by atoms with van der Waals surface area (Å²) in [5.74, 6) is -2.80. The third kappa shape index (κ3) is 5.05. The molecule has 1 amide bonds. The second-order valence-corrected chi connectivity index (χ2v) is 6.95. The van der Waals surface area contributed by atoms with Crippen LogP contribution < -0.4 is 10.6 Å². The zero-order valence-corrected chi connectivity index (χ0v) is 16.6. The van der Waals surface area contributed by atoms with Gasteiger partial charge in [0.2, 0.25) is 5.96 Å². The van der Waals surface area contributed by atoms with E-state index in [1.54, 1.807) is 25.1 Å². The molecule has 0 saturated carbocycles. The number of aliphatic imine (C=N–C) groups is 1. The Morgan fingerprint density at radius 3 is 2.47 bits per heavy atom. The van der Waals surface area contributed by atoms with Gasteiger partial charge in [-0.05, 0) is 50.6 Å². The standard InChI is InChI=1S/C21H20F3N5O/c1-11(2)25-21(27-20(30)14-6-7-15(22)17(24)9-14)26-19-10-18(28-29-19)13-5-4-12(3)16(23)8-13/h4-11H,1-3H3,(H3,25,26,27,28,29,30). The Balaban J connectivity index is 1.83. The Bertz CT molecular complexity index is 1110. The SMILES string of the molecule is Cc1ccc(-c2cc(N/C(=N\C(=O)c3ccc(F)c(F)c3)NC(C)C)[nH]n2)cc1F. The third-order valence-electron chi connectivity index (χ3n) is 4.10. The number of aromatic nitrogens is 2. The topological polar surface area (TPSA) is 82.2 Å². The molecule has 1 heterocycles. The average Bonchev–Trinajstić information content (AvgIpc) is 3.14. The summed E-state index contributed by atoms with van der Waals surface area (Å²) < 4.78 is 40.3. The van der Waals surface area contributed by atoms with Gasteiger partial charge in [-0.1, -0.05) is 12.1 Å². The van der Waals surface area contributed by atoms with Gasteiger partial charge in [0.25, 0.3) is 5.91 Å². The number of carbonyl (C=O) groups is 1. The van der Waals surface area contributed by atoms with Gasteiger partial charge < -0.3 is 10.6 Å². The van der Waals surface area contributed by atoms with Crippen molar-refractivity contribution >= 4 is 17.7 Å². The van der Waals surface area contributed by atoms with Gasteiger partial charge in [0.05, 0.1) is 5.69 Å². The van der Waals surface area contributed by atoms with Gasteiger partial charge in [-0.15, -0.1) is 0 Å². The van der Waals surface area contributed by atoms with Crippen LogP contribution in [0.25, 0.3) is 11.3 Å². The molecule has 9 heteroatoms. The number of hydrogen-bond donors (Lipinski definition) is 3. The van der Waals surface area contributed by atoms with Crippen molar-refractivity contribution in [1.82, 2.24) is 15.5 Å². The number of H-pyrrole nitrogens is 1. The van der Waals surface area contributed by atoms with Crippen molar-refractivity contribution in [3.8, 4) is 11.3 Å². The lowest BCUT2D eigenvalue weighted by Crippen LogP contribution is -2.36. The summed E-state index contributed by atoms with van der Waals surface area (Å²) in [5.41, 5.74) is 1.50. The first-order chi connectivity index (χ1) is 14.2. The van der Waals surface area contributed by atoms with Crippen LogP contribution in [0.1, 0.15) is 29.8 Å². The van der Waals surface area contributed by atoms with E-state index in [2.05, 4.69) is 25.8 Å². The molecule has 0 aliphatic rings. The van der Waals surface area contributed by atoms with E-state index < -0.39 is 17.5 Å². The maximum atomic E-state index is 13.8. The highest BCUT2D eigenvalue weighted by Gasteiger charge is 2.13. The minimum Gasteiger partial charge on any atom is -0.354 e. The molecule has 0 unspecified atom stereocenters. The fourth-order valence-corrected chi connectivity index (χ4v) is 2.58. The number of carbonyl (C=O) groups excluding carboxylic acids is 1. The zero-order valence-electron chi connectivity index (χ0n) is 16.6. The fourth-order valence-electron chi connectivity index (χ4n) is 2.58. The van der Waals surface area contributed by atoms with Crippen molar-refractivity contribution in [2.24, 2.45) is 4.99 Å². The molecule has 0 radical (unpaired) electrons. The first-order valence-corrected chi connectivity index (χ1v) is 9.16. The monoisotopic (exact) mass is 415 g/mol.